The fourth-order valence-electron chi connectivity index (χ4n) is 3.93. The van der Waals surface area contributed by atoms with Gasteiger partial charge < -0.3 is 4.90 Å². The fraction of sp³-hybridized carbons (Fsp3) is 0.429. The number of nitrogens with zero attached hydrogens (tertiary/aromatic N) is 6. The minimum Gasteiger partial charge on any atom is -0.356 e. The third-order valence-corrected chi connectivity index (χ3v) is 7.86. The Kier molecular flexibility index (Phi) is 5.99. The minimum atomic E-state index is -2.68. The number of hydrogen-bond acceptors (Lipinski definition) is 6. The smallest absolute Gasteiger partial charge is 0.258 e. The Morgan fingerprint density at radius 1 is 1.29 bits per heavy atom. The first-order valence-corrected chi connectivity index (χ1v) is 12.2. The van der Waals surface area contributed by atoms with Crippen LogP contribution in [0.25, 0.3) is 10.9 Å². The molecule has 10 heteroatoms. The Bertz CT molecular complexity index is 1230. The molecule has 4 rings (SSSR count). The lowest BCUT2D eigenvalue weighted by atomic mass is 10.1. The van der Waals surface area contributed by atoms with E-state index in [1.165, 1.54) is 18.5 Å². The summed E-state index contributed by atoms with van der Waals surface area (Å²) in [6.45, 7) is 3.90. The number of fused-ring (bicyclic) bond motifs is 1. The number of piperidine rings is 1. The number of benzene rings is 1. The lowest BCUT2D eigenvalue weighted by Crippen LogP contribution is -2.39. The van der Waals surface area contributed by atoms with Crippen molar-refractivity contribution in [3.8, 4) is 0 Å². The zero-order valence-electron chi connectivity index (χ0n) is 17.6. The second kappa shape index (κ2) is 8.70. The standard InChI is InChI=1S/C21H25FN6O2S/c1-3-28-13-15(12-25-28)10-20(29)26-31(2,30)17-6-8-27(9-7-17)21-18-11-16(22)4-5-19(18)23-14-24-21/h4-5,11-14,17H,3,6-10H2,1-2H3. The van der Waals surface area contributed by atoms with Crippen LogP contribution in [0.15, 0.2) is 41.3 Å². The zero-order chi connectivity index (χ0) is 22.0. The van der Waals surface area contributed by atoms with Gasteiger partial charge in [0.15, 0.2) is 0 Å². The van der Waals surface area contributed by atoms with Crippen LogP contribution in [0.5, 0.6) is 0 Å². The highest BCUT2D eigenvalue weighted by Gasteiger charge is 2.28. The van der Waals surface area contributed by atoms with Crippen molar-refractivity contribution in [1.82, 2.24) is 19.7 Å². The molecule has 1 amide bonds. The highest BCUT2D eigenvalue weighted by Crippen LogP contribution is 2.28. The average molecular weight is 445 g/mol. The Balaban J connectivity index is 1.45. The van der Waals surface area contributed by atoms with Crippen molar-refractivity contribution < 1.29 is 13.4 Å². The van der Waals surface area contributed by atoms with E-state index in [1.807, 2.05) is 6.92 Å². The molecule has 0 saturated carbocycles. The lowest BCUT2D eigenvalue weighted by molar-refractivity contribution is -0.117. The van der Waals surface area contributed by atoms with Gasteiger partial charge >= 0.3 is 0 Å². The van der Waals surface area contributed by atoms with Gasteiger partial charge in [0.25, 0.3) is 5.91 Å². The van der Waals surface area contributed by atoms with E-state index in [9.17, 15) is 13.4 Å². The van der Waals surface area contributed by atoms with Crippen LogP contribution in [0.1, 0.15) is 25.3 Å². The summed E-state index contributed by atoms with van der Waals surface area (Å²) in [5.41, 5.74) is 1.45. The first kappa shape index (κ1) is 21.4. The molecule has 0 N–H and O–H groups in total. The molecule has 0 aliphatic carbocycles. The summed E-state index contributed by atoms with van der Waals surface area (Å²) in [5, 5.41) is 4.62. The molecule has 0 bridgehead atoms. The molecule has 1 atom stereocenters. The molecule has 164 valence electrons. The number of amides is 1. The Morgan fingerprint density at radius 3 is 2.77 bits per heavy atom. The molecule has 3 aromatic rings. The van der Waals surface area contributed by atoms with Crippen molar-refractivity contribution in [3.05, 3.63) is 48.3 Å². The van der Waals surface area contributed by atoms with Gasteiger partial charge in [0, 0.05) is 42.7 Å². The van der Waals surface area contributed by atoms with Gasteiger partial charge in [-0.05, 0) is 43.5 Å². The molecule has 31 heavy (non-hydrogen) atoms. The molecule has 0 radical (unpaired) electrons. The van der Waals surface area contributed by atoms with Crippen molar-refractivity contribution in [1.29, 1.82) is 0 Å². The third kappa shape index (κ3) is 4.73. The van der Waals surface area contributed by atoms with Crippen LogP contribution < -0.4 is 4.90 Å². The van der Waals surface area contributed by atoms with Gasteiger partial charge in [0.2, 0.25) is 0 Å². The molecule has 1 unspecified atom stereocenters. The largest absolute Gasteiger partial charge is 0.356 e. The van der Waals surface area contributed by atoms with Crippen molar-refractivity contribution in [2.45, 2.75) is 38.0 Å². The van der Waals surface area contributed by atoms with Crippen LogP contribution in [0, 0.1) is 5.82 Å². The second-order valence-corrected chi connectivity index (χ2v) is 10.3. The van der Waals surface area contributed by atoms with E-state index in [1.54, 1.807) is 29.4 Å². The van der Waals surface area contributed by atoms with Gasteiger partial charge in [-0.25, -0.2) is 18.6 Å². The number of carbonyl (C=O) groups is 1. The van der Waals surface area contributed by atoms with Gasteiger partial charge in [-0.3, -0.25) is 9.48 Å². The van der Waals surface area contributed by atoms with E-state index in [2.05, 4.69) is 24.3 Å². The van der Waals surface area contributed by atoms with Crippen molar-refractivity contribution in [3.63, 3.8) is 0 Å². The van der Waals surface area contributed by atoms with Gasteiger partial charge in [0.1, 0.15) is 18.0 Å². The van der Waals surface area contributed by atoms with Crippen LogP contribution in [0.3, 0.4) is 0 Å². The average Bonchev–Trinajstić information content (AvgIpc) is 3.20. The zero-order valence-corrected chi connectivity index (χ0v) is 18.4. The first-order chi connectivity index (χ1) is 14.9. The van der Waals surface area contributed by atoms with Crippen molar-refractivity contribution in [2.75, 3.05) is 24.2 Å². The minimum absolute atomic E-state index is 0.0994. The summed E-state index contributed by atoms with van der Waals surface area (Å²) in [4.78, 5) is 23.0. The van der Waals surface area contributed by atoms with Gasteiger partial charge in [-0.1, -0.05) is 0 Å². The van der Waals surface area contributed by atoms with E-state index in [0.717, 1.165) is 12.1 Å². The summed E-state index contributed by atoms with van der Waals surface area (Å²) in [6, 6.07) is 4.45. The van der Waals surface area contributed by atoms with Crippen molar-refractivity contribution >= 4 is 32.4 Å². The monoisotopic (exact) mass is 444 g/mol. The van der Waals surface area contributed by atoms with E-state index in [0.29, 0.717) is 42.7 Å². The Morgan fingerprint density at radius 2 is 2.06 bits per heavy atom. The maximum absolute atomic E-state index is 13.7. The number of carbonyl (C=O) groups excluding carboxylic acids is 1. The predicted octanol–water partition coefficient (Wildman–Crippen LogP) is 2.82. The van der Waals surface area contributed by atoms with Crippen LogP contribution in [-0.4, -0.2) is 54.5 Å². The summed E-state index contributed by atoms with van der Waals surface area (Å²) < 4.78 is 32.8. The molecule has 3 heterocycles. The van der Waals surface area contributed by atoms with E-state index in [-0.39, 0.29) is 23.4 Å². The summed E-state index contributed by atoms with van der Waals surface area (Å²) in [5.74, 6) is -0.0499. The molecular formula is C21H25FN6O2S. The van der Waals surface area contributed by atoms with Gasteiger partial charge in [0.05, 0.1) is 27.9 Å². The molecular weight excluding hydrogens is 419 g/mol. The topological polar surface area (TPSA) is 93.3 Å². The Labute approximate surface area is 180 Å². The molecule has 8 nitrogen and oxygen atoms in total. The van der Waals surface area contributed by atoms with Crippen LogP contribution >= 0.6 is 0 Å². The highest BCUT2D eigenvalue weighted by atomic mass is 32.2. The molecule has 0 spiro atoms. The van der Waals surface area contributed by atoms with Crippen LogP contribution in [-0.2, 0) is 27.5 Å². The SMILES string of the molecule is CCn1cc(CC(=O)N=S(C)(=O)C2CCN(c3ncnc4ccc(F)cc34)CC2)cn1. The number of rotatable bonds is 5. The first-order valence-electron chi connectivity index (χ1n) is 10.3. The predicted molar refractivity (Wildman–Crippen MR) is 118 cm³/mol. The molecule has 1 aliphatic heterocycles. The lowest BCUT2D eigenvalue weighted by Gasteiger charge is -2.33. The second-order valence-electron chi connectivity index (χ2n) is 7.77. The maximum Gasteiger partial charge on any atom is 0.258 e. The highest BCUT2D eigenvalue weighted by molar-refractivity contribution is 7.93. The van der Waals surface area contributed by atoms with E-state index < -0.39 is 9.73 Å². The fourth-order valence-corrected chi connectivity index (χ4v) is 5.63. The quantitative estimate of drug-likeness (QED) is 0.601. The number of halogens is 1. The van der Waals surface area contributed by atoms with Gasteiger partial charge in [-0.15, -0.1) is 0 Å². The third-order valence-electron chi connectivity index (χ3n) is 5.59. The Hall–Kier alpha value is -2.88. The number of anilines is 1. The van der Waals surface area contributed by atoms with Crippen LogP contribution in [0.4, 0.5) is 10.2 Å². The number of hydrogen-bond donors (Lipinski definition) is 0. The summed E-state index contributed by atoms with van der Waals surface area (Å²) in [6.07, 6.45) is 7.80. The maximum atomic E-state index is 13.7. The molecule has 2 aromatic heterocycles. The van der Waals surface area contributed by atoms with Crippen LogP contribution in [0.2, 0.25) is 0 Å². The molecule has 1 aromatic carbocycles. The van der Waals surface area contributed by atoms with Crippen molar-refractivity contribution in [2.24, 2.45) is 4.36 Å². The number of aryl methyl sites for hydroxylation is 1. The molecule has 1 saturated heterocycles. The summed E-state index contributed by atoms with van der Waals surface area (Å²) in [7, 11) is -2.68. The van der Waals surface area contributed by atoms with E-state index >= 15 is 0 Å². The molecule has 1 fully saturated rings. The summed E-state index contributed by atoms with van der Waals surface area (Å²) >= 11 is 0. The van der Waals surface area contributed by atoms with E-state index in [4.69, 9.17) is 0 Å². The number of aromatic nitrogens is 4. The van der Waals surface area contributed by atoms with Gasteiger partial charge in [-0.2, -0.15) is 9.46 Å². The molecule has 1 aliphatic rings. The normalized spacial score (nSPS) is 16.9.